The number of rotatable bonds is 5. The maximum Gasteiger partial charge on any atom is 0.259 e. The van der Waals surface area contributed by atoms with Crippen LogP contribution in [-0.2, 0) is 6.54 Å². The molecule has 0 unspecified atom stereocenters. The van der Waals surface area contributed by atoms with Crippen LogP contribution in [0.3, 0.4) is 0 Å². The van der Waals surface area contributed by atoms with Gasteiger partial charge >= 0.3 is 0 Å². The van der Waals surface area contributed by atoms with Gasteiger partial charge in [0, 0.05) is 12.1 Å². The lowest BCUT2D eigenvalue weighted by atomic mass is 10.1. The molecule has 0 saturated heterocycles. The van der Waals surface area contributed by atoms with E-state index in [1.54, 1.807) is 18.2 Å². The topological polar surface area (TPSA) is 47.6 Å². The third-order valence-corrected chi connectivity index (χ3v) is 3.10. The summed E-state index contributed by atoms with van der Waals surface area (Å²) in [5.74, 6) is -1.000. The quantitative estimate of drug-likeness (QED) is 0.924. The molecule has 0 aromatic heterocycles. The molecule has 0 bridgehead atoms. The Kier molecular flexibility index (Phi) is 4.93. The average Bonchev–Trinajstić information content (AvgIpc) is 2.54. The maximum atomic E-state index is 13.5. The Hall–Kier alpha value is -2.63. The van der Waals surface area contributed by atoms with E-state index >= 15 is 0 Å². The van der Waals surface area contributed by atoms with Crippen molar-refractivity contribution in [2.24, 2.45) is 0 Å². The van der Waals surface area contributed by atoms with E-state index in [1.165, 1.54) is 14.2 Å². The SMILES string of the molecule is COc1cccc(OC)c1C(=O)NCc1cc(F)ccc1F. The van der Waals surface area contributed by atoms with E-state index in [0.717, 1.165) is 18.2 Å². The molecule has 0 radical (unpaired) electrons. The van der Waals surface area contributed by atoms with Gasteiger partial charge in [0.25, 0.3) is 5.91 Å². The molecular weight excluding hydrogens is 292 g/mol. The van der Waals surface area contributed by atoms with Gasteiger partial charge in [-0.25, -0.2) is 8.78 Å². The molecule has 2 rings (SSSR count). The third kappa shape index (κ3) is 3.33. The molecule has 0 aliphatic heterocycles. The molecule has 4 nitrogen and oxygen atoms in total. The van der Waals surface area contributed by atoms with Crippen molar-refractivity contribution in [3.8, 4) is 11.5 Å². The largest absolute Gasteiger partial charge is 0.496 e. The molecule has 22 heavy (non-hydrogen) atoms. The molecule has 2 aromatic carbocycles. The van der Waals surface area contributed by atoms with Gasteiger partial charge in [-0.15, -0.1) is 0 Å². The Morgan fingerprint density at radius 3 is 2.32 bits per heavy atom. The smallest absolute Gasteiger partial charge is 0.259 e. The molecule has 0 saturated carbocycles. The van der Waals surface area contributed by atoms with E-state index in [2.05, 4.69) is 5.32 Å². The van der Waals surface area contributed by atoms with Gasteiger partial charge in [-0.1, -0.05) is 6.07 Å². The van der Waals surface area contributed by atoms with Crippen molar-refractivity contribution in [1.29, 1.82) is 0 Å². The number of methoxy groups -OCH3 is 2. The molecule has 116 valence electrons. The van der Waals surface area contributed by atoms with Crippen LogP contribution in [0.2, 0.25) is 0 Å². The summed E-state index contributed by atoms with van der Waals surface area (Å²) in [6.45, 7) is -0.149. The Morgan fingerprint density at radius 2 is 1.73 bits per heavy atom. The van der Waals surface area contributed by atoms with E-state index in [9.17, 15) is 13.6 Å². The zero-order chi connectivity index (χ0) is 16.1. The molecular formula is C16H15F2NO3. The average molecular weight is 307 g/mol. The molecule has 0 fully saturated rings. The Bertz CT molecular complexity index is 667. The summed E-state index contributed by atoms with van der Waals surface area (Å²) >= 11 is 0. The van der Waals surface area contributed by atoms with Gasteiger partial charge in [-0.05, 0) is 30.3 Å². The van der Waals surface area contributed by atoms with Gasteiger partial charge in [0.05, 0.1) is 14.2 Å². The minimum absolute atomic E-state index is 0.0576. The zero-order valence-corrected chi connectivity index (χ0v) is 12.2. The van der Waals surface area contributed by atoms with Gasteiger partial charge in [-0.2, -0.15) is 0 Å². The lowest BCUT2D eigenvalue weighted by molar-refractivity contribution is 0.0944. The van der Waals surface area contributed by atoms with Crippen molar-refractivity contribution in [2.45, 2.75) is 6.54 Å². The number of carbonyl (C=O) groups is 1. The molecule has 0 aliphatic carbocycles. The van der Waals surface area contributed by atoms with Crippen LogP contribution in [0.1, 0.15) is 15.9 Å². The zero-order valence-electron chi connectivity index (χ0n) is 12.2. The van der Waals surface area contributed by atoms with E-state index < -0.39 is 17.5 Å². The van der Waals surface area contributed by atoms with E-state index in [-0.39, 0.29) is 17.7 Å². The van der Waals surface area contributed by atoms with Crippen molar-refractivity contribution < 1.29 is 23.0 Å². The fourth-order valence-corrected chi connectivity index (χ4v) is 2.02. The first-order valence-electron chi connectivity index (χ1n) is 6.50. The summed E-state index contributed by atoms with van der Waals surface area (Å²) < 4.78 is 36.9. The summed E-state index contributed by atoms with van der Waals surface area (Å²) in [7, 11) is 2.86. The van der Waals surface area contributed by atoms with Crippen LogP contribution in [0.5, 0.6) is 11.5 Å². The number of ether oxygens (including phenoxy) is 2. The molecule has 1 amide bonds. The molecule has 0 atom stereocenters. The van der Waals surface area contributed by atoms with Crippen molar-refractivity contribution in [2.75, 3.05) is 14.2 Å². The van der Waals surface area contributed by atoms with E-state index in [4.69, 9.17) is 9.47 Å². The molecule has 0 spiro atoms. The van der Waals surface area contributed by atoms with Gasteiger partial charge in [0.2, 0.25) is 0 Å². The summed E-state index contributed by atoms with van der Waals surface area (Å²) in [6, 6.07) is 7.97. The minimum atomic E-state index is -0.589. The standard InChI is InChI=1S/C16H15F2NO3/c1-21-13-4-3-5-14(22-2)15(13)16(20)19-9-10-8-11(17)6-7-12(10)18/h3-8H,9H2,1-2H3,(H,19,20). The van der Waals surface area contributed by atoms with Crippen molar-refractivity contribution in [1.82, 2.24) is 5.32 Å². The monoisotopic (exact) mass is 307 g/mol. The number of amides is 1. The number of hydrogen-bond acceptors (Lipinski definition) is 3. The van der Waals surface area contributed by atoms with Crippen LogP contribution in [-0.4, -0.2) is 20.1 Å². The first-order valence-corrected chi connectivity index (χ1v) is 6.50. The van der Waals surface area contributed by atoms with Gasteiger partial charge < -0.3 is 14.8 Å². The summed E-state index contributed by atoms with van der Waals surface area (Å²) in [5, 5.41) is 2.53. The molecule has 6 heteroatoms. The highest BCUT2D eigenvalue weighted by Gasteiger charge is 2.18. The van der Waals surface area contributed by atoms with Crippen LogP contribution >= 0.6 is 0 Å². The van der Waals surface area contributed by atoms with Crippen molar-refractivity contribution >= 4 is 5.91 Å². The Labute approximate surface area is 126 Å². The lowest BCUT2D eigenvalue weighted by Gasteiger charge is -2.13. The van der Waals surface area contributed by atoms with Crippen LogP contribution in [0.15, 0.2) is 36.4 Å². The number of halogens is 2. The second kappa shape index (κ2) is 6.89. The third-order valence-electron chi connectivity index (χ3n) is 3.10. The first-order chi connectivity index (χ1) is 10.6. The highest BCUT2D eigenvalue weighted by Crippen LogP contribution is 2.28. The maximum absolute atomic E-state index is 13.5. The van der Waals surface area contributed by atoms with E-state index in [0.29, 0.717) is 11.5 Å². The highest BCUT2D eigenvalue weighted by molar-refractivity contribution is 5.99. The molecule has 1 N–H and O–H groups in total. The van der Waals surface area contributed by atoms with Gasteiger partial charge in [0.1, 0.15) is 28.7 Å². The van der Waals surface area contributed by atoms with E-state index in [1.807, 2.05) is 0 Å². The van der Waals surface area contributed by atoms with Gasteiger partial charge in [-0.3, -0.25) is 4.79 Å². The van der Waals surface area contributed by atoms with Crippen LogP contribution in [0.4, 0.5) is 8.78 Å². The number of hydrogen-bond donors (Lipinski definition) is 1. The lowest BCUT2D eigenvalue weighted by Crippen LogP contribution is -2.24. The number of benzene rings is 2. The normalized spacial score (nSPS) is 10.2. The Balaban J connectivity index is 2.21. The van der Waals surface area contributed by atoms with Crippen LogP contribution in [0, 0.1) is 11.6 Å². The minimum Gasteiger partial charge on any atom is -0.496 e. The predicted molar refractivity (Wildman–Crippen MR) is 77.1 cm³/mol. The molecule has 0 aliphatic rings. The highest BCUT2D eigenvalue weighted by atomic mass is 19.1. The van der Waals surface area contributed by atoms with Crippen LogP contribution < -0.4 is 14.8 Å². The summed E-state index contributed by atoms with van der Waals surface area (Å²) in [5.41, 5.74) is 0.256. The van der Waals surface area contributed by atoms with Crippen molar-refractivity contribution in [3.05, 3.63) is 59.2 Å². The fraction of sp³-hybridized carbons (Fsp3) is 0.188. The molecule has 0 heterocycles. The number of carbonyl (C=O) groups excluding carboxylic acids is 1. The summed E-state index contributed by atoms with van der Waals surface area (Å²) in [4.78, 5) is 12.3. The first kappa shape index (κ1) is 15.8. The van der Waals surface area contributed by atoms with Gasteiger partial charge in [0.15, 0.2) is 0 Å². The number of nitrogens with one attached hydrogen (secondary N) is 1. The second-order valence-electron chi connectivity index (χ2n) is 4.46. The Morgan fingerprint density at radius 1 is 1.09 bits per heavy atom. The van der Waals surface area contributed by atoms with Crippen LogP contribution in [0.25, 0.3) is 0 Å². The second-order valence-corrected chi connectivity index (χ2v) is 4.46. The molecule has 2 aromatic rings. The summed E-state index contributed by atoms with van der Waals surface area (Å²) in [6.07, 6.45) is 0. The predicted octanol–water partition coefficient (Wildman–Crippen LogP) is 2.91. The fourth-order valence-electron chi connectivity index (χ4n) is 2.02. The van der Waals surface area contributed by atoms with Crippen molar-refractivity contribution in [3.63, 3.8) is 0 Å².